The van der Waals surface area contributed by atoms with E-state index in [4.69, 9.17) is 4.74 Å². The van der Waals surface area contributed by atoms with E-state index in [0.717, 1.165) is 39.0 Å². The number of hydrogen-bond acceptors (Lipinski definition) is 5. The van der Waals surface area contributed by atoms with Crippen LogP contribution in [0.5, 0.6) is 0 Å². The number of ether oxygens (including phenoxy) is 1. The molecule has 0 aromatic carbocycles. The SMILES string of the molecule is CO[C@@H]1CN(Cc2ccsc2)CC(=O)N(CCCN2CCCC2=O)C1. The summed E-state index contributed by atoms with van der Waals surface area (Å²) in [6.45, 7) is 4.90. The number of carbonyl (C=O) groups is 2. The van der Waals surface area contributed by atoms with Crippen molar-refractivity contribution in [3.8, 4) is 0 Å². The van der Waals surface area contributed by atoms with Gasteiger partial charge in [0.25, 0.3) is 0 Å². The standard InChI is InChI=1S/C18H27N3O3S/c1-24-16-11-19(10-15-5-9-25-14-15)13-18(23)21(12-16)8-3-7-20-6-2-4-17(20)22/h5,9,14,16H,2-4,6-8,10-13H2,1H3/t16-/m1/s1. The monoisotopic (exact) mass is 365 g/mol. The van der Waals surface area contributed by atoms with Crippen LogP contribution in [0.15, 0.2) is 16.8 Å². The van der Waals surface area contributed by atoms with Crippen molar-refractivity contribution < 1.29 is 14.3 Å². The van der Waals surface area contributed by atoms with Gasteiger partial charge < -0.3 is 14.5 Å². The average molecular weight is 365 g/mol. The lowest BCUT2D eigenvalue weighted by atomic mass is 10.2. The number of methoxy groups -OCH3 is 1. The number of nitrogens with zero attached hydrogens (tertiary/aromatic N) is 3. The highest BCUT2D eigenvalue weighted by molar-refractivity contribution is 7.07. The maximum absolute atomic E-state index is 12.7. The molecular weight excluding hydrogens is 338 g/mol. The third-order valence-electron chi connectivity index (χ3n) is 4.94. The number of likely N-dealkylation sites (tertiary alicyclic amines) is 1. The fraction of sp³-hybridized carbons (Fsp3) is 0.667. The van der Waals surface area contributed by atoms with Gasteiger partial charge in [-0.1, -0.05) is 0 Å². The Kier molecular flexibility index (Phi) is 6.45. The van der Waals surface area contributed by atoms with Gasteiger partial charge in [-0.25, -0.2) is 0 Å². The van der Waals surface area contributed by atoms with E-state index in [9.17, 15) is 9.59 Å². The molecule has 3 rings (SSSR count). The highest BCUT2D eigenvalue weighted by Crippen LogP contribution is 2.15. The van der Waals surface area contributed by atoms with Crippen molar-refractivity contribution in [2.75, 3.05) is 46.4 Å². The molecule has 0 bridgehead atoms. The third-order valence-corrected chi connectivity index (χ3v) is 5.68. The molecule has 2 aliphatic rings. The van der Waals surface area contributed by atoms with Crippen LogP contribution in [0.25, 0.3) is 0 Å². The van der Waals surface area contributed by atoms with Crippen molar-refractivity contribution in [1.82, 2.24) is 14.7 Å². The zero-order valence-corrected chi connectivity index (χ0v) is 15.7. The second-order valence-electron chi connectivity index (χ2n) is 6.84. The lowest BCUT2D eigenvalue weighted by molar-refractivity contribution is -0.131. The molecule has 3 heterocycles. The first kappa shape index (κ1) is 18.4. The van der Waals surface area contributed by atoms with Crippen molar-refractivity contribution in [2.24, 2.45) is 0 Å². The first-order valence-electron chi connectivity index (χ1n) is 8.97. The molecule has 25 heavy (non-hydrogen) atoms. The summed E-state index contributed by atoms with van der Waals surface area (Å²) in [6.07, 6.45) is 2.49. The molecule has 1 aromatic rings. The van der Waals surface area contributed by atoms with Crippen LogP contribution in [0.3, 0.4) is 0 Å². The molecule has 2 saturated heterocycles. The van der Waals surface area contributed by atoms with Crippen molar-refractivity contribution in [2.45, 2.75) is 31.9 Å². The molecular formula is C18H27N3O3S. The number of hydrogen-bond donors (Lipinski definition) is 0. The number of amides is 2. The third kappa shape index (κ3) is 5.03. The van der Waals surface area contributed by atoms with E-state index in [-0.39, 0.29) is 17.9 Å². The zero-order valence-electron chi connectivity index (χ0n) is 14.9. The molecule has 0 spiro atoms. The molecule has 0 unspecified atom stereocenters. The van der Waals surface area contributed by atoms with Gasteiger partial charge >= 0.3 is 0 Å². The quantitative estimate of drug-likeness (QED) is 0.733. The van der Waals surface area contributed by atoms with Gasteiger partial charge in [0, 0.05) is 52.8 Å². The first-order chi connectivity index (χ1) is 12.2. The second kappa shape index (κ2) is 8.78. The predicted molar refractivity (Wildman–Crippen MR) is 97.4 cm³/mol. The largest absolute Gasteiger partial charge is 0.378 e. The van der Waals surface area contributed by atoms with Gasteiger partial charge in [0.15, 0.2) is 0 Å². The Balaban J connectivity index is 1.53. The smallest absolute Gasteiger partial charge is 0.236 e. The molecule has 0 N–H and O–H groups in total. The molecule has 7 heteroatoms. The molecule has 1 aromatic heterocycles. The Morgan fingerprint density at radius 2 is 2.04 bits per heavy atom. The highest BCUT2D eigenvalue weighted by Gasteiger charge is 2.28. The summed E-state index contributed by atoms with van der Waals surface area (Å²) in [5.74, 6) is 0.404. The molecule has 1 atom stereocenters. The van der Waals surface area contributed by atoms with E-state index in [1.807, 2.05) is 9.80 Å². The maximum atomic E-state index is 12.7. The maximum Gasteiger partial charge on any atom is 0.236 e. The van der Waals surface area contributed by atoms with E-state index >= 15 is 0 Å². The lowest BCUT2D eigenvalue weighted by Crippen LogP contribution is -2.39. The minimum Gasteiger partial charge on any atom is -0.378 e. The predicted octanol–water partition coefficient (Wildman–Crippen LogP) is 1.42. The summed E-state index contributed by atoms with van der Waals surface area (Å²) in [5.41, 5.74) is 1.24. The first-order valence-corrected chi connectivity index (χ1v) is 9.92. The number of thiophene rings is 1. The highest BCUT2D eigenvalue weighted by atomic mass is 32.1. The summed E-state index contributed by atoms with van der Waals surface area (Å²) in [4.78, 5) is 30.3. The Labute approximate surface area is 153 Å². The van der Waals surface area contributed by atoms with E-state index in [1.165, 1.54) is 5.56 Å². The zero-order chi connectivity index (χ0) is 17.6. The van der Waals surface area contributed by atoms with E-state index < -0.39 is 0 Å². The van der Waals surface area contributed by atoms with Crippen molar-refractivity contribution in [3.05, 3.63) is 22.4 Å². The second-order valence-corrected chi connectivity index (χ2v) is 7.62. The fourth-order valence-electron chi connectivity index (χ4n) is 3.57. The fourth-order valence-corrected chi connectivity index (χ4v) is 4.23. The normalized spacial score (nSPS) is 22.7. The molecule has 0 aliphatic carbocycles. The minimum absolute atomic E-state index is 0.0264. The summed E-state index contributed by atoms with van der Waals surface area (Å²) in [5, 5.41) is 4.19. The summed E-state index contributed by atoms with van der Waals surface area (Å²) in [7, 11) is 1.71. The molecule has 2 fully saturated rings. The molecule has 2 aliphatic heterocycles. The van der Waals surface area contributed by atoms with Gasteiger partial charge in [-0.15, -0.1) is 0 Å². The molecule has 6 nitrogen and oxygen atoms in total. The van der Waals surface area contributed by atoms with Crippen LogP contribution in [0.2, 0.25) is 0 Å². The van der Waals surface area contributed by atoms with Crippen molar-refractivity contribution in [1.29, 1.82) is 0 Å². The van der Waals surface area contributed by atoms with Crippen LogP contribution in [0.1, 0.15) is 24.8 Å². The van der Waals surface area contributed by atoms with Crippen LogP contribution in [0, 0.1) is 0 Å². The van der Waals surface area contributed by atoms with E-state index in [1.54, 1.807) is 18.4 Å². The van der Waals surface area contributed by atoms with Crippen molar-refractivity contribution in [3.63, 3.8) is 0 Å². The van der Waals surface area contributed by atoms with Crippen LogP contribution < -0.4 is 0 Å². The van der Waals surface area contributed by atoms with Crippen LogP contribution in [-0.4, -0.2) is 79.0 Å². The van der Waals surface area contributed by atoms with Crippen LogP contribution >= 0.6 is 11.3 Å². The van der Waals surface area contributed by atoms with Gasteiger partial charge in [0.05, 0.1) is 12.6 Å². The molecule has 138 valence electrons. The van der Waals surface area contributed by atoms with Gasteiger partial charge in [-0.05, 0) is 35.2 Å². The van der Waals surface area contributed by atoms with Crippen LogP contribution in [0.4, 0.5) is 0 Å². The average Bonchev–Trinajstić information content (AvgIpc) is 3.21. The van der Waals surface area contributed by atoms with Gasteiger partial charge in [-0.3, -0.25) is 14.5 Å². The van der Waals surface area contributed by atoms with E-state index in [2.05, 4.69) is 21.7 Å². The summed E-state index contributed by atoms with van der Waals surface area (Å²) in [6, 6.07) is 2.10. The Bertz CT molecular complexity index is 578. The van der Waals surface area contributed by atoms with Crippen LogP contribution in [-0.2, 0) is 20.9 Å². The molecule has 0 saturated carbocycles. The minimum atomic E-state index is 0.0264. The topological polar surface area (TPSA) is 53.1 Å². The number of rotatable bonds is 7. The molecule has 0 radical (unpaired) electrons. The lowest BCUT2D eigenvalue weighted by Gasteiger charge is -2.24. The Morgan fingerprint density at radius 1 is 1.20 bits per heavy atom. The van der Waals surface area contributed by atoms with Gasteiger partial charge in [0.1, 0.15) is 0 Å². The van der Waals surface area contributed by atoms with E-state index in [0.29, 0.717) is 26.1 Å². The Morgan fingerprint density at radius 3 is 2.72 bits per heavy atom. The van der Waals surface area contributed by atoms with Gasteiger partial charge in [-0.2, -0.15) is 11.3 Å². The molecule has 2 amide bonds. The summed E-state index contributed by atoms with van der Waals surface area (Å²) >= 11 is 1.68. The Hall–Kier alpha value is -1.44. The summed E-state index contributed by atoms with van der Waals surface area (Å²) < 4.78 is 5.60. The number of carbonyl (C=O) groups excluding carboxylic acids is 2. The van der Waals surface area contributed by atoms with Gasteiger partial charge in [0.2, 0.25) is 11.8 Å². The van der Waals surface area contributed by atoms with Crippen molar-refractivity contribution >= 4 is 23.2 Å².